The first kappa shape index (κ1) is 20.1. The summed E-state index contributed by atoms with van der Waals surface area (Å²) < 4.78 is 5.54. The molecule has 0 spiro atoms. The fourth-order valence-electron chi connectivity index (χ4n) is 6.85. The number of allylic oxidation sites excluding steroid dienone is 1. The largest absolute Gasteiger partial charge is 0.497 e. The van der Waals surface area contributed by atoms with Gasteiger partial charge in [-0.2, -0.15) is 0 Å². The minimum atomic E-state index is -0.983. The summed E-state index contributed by atoms with van der Waals surface area (Å²) in [6, 6.07) is 6.20. The summed E-state index contributed by atoms with van der Waals surface area (Å²) in [5.41, 5.74) is 7.00. The molecule has 1 unspecified atom stereocenters. The topological polar surface area (TPSA) is 105 Å². The monoisotopic (exact) mass is 435 g/mol. The van der Waals surface area contributed by atoms with Crippen LogP contribution in [0.2, 0.25) is 0 Å². The van der Waals surface area contributed by atoms with Gasteiger partial charge >= 0.3 is 0 Å². The number of nitrogens with zero attached hydrogens (tertiary/aromatic N) is 2. The van der Waals surface area contributed by atoms with Crippen molar-refractivity contribution in [1.82, 2.24) is 4.90 Å². The number of benzene rings is 1. The molecule has 2 heterocycles. The summed E-state index contributed by atoms with van der Waals surface area (Å²) in [5.74, 6) is -0.0463. The van der Waals surface area contributed by atoms with Crippen LogP contribution in [-0.2, 0) is 21.4 Å². The molecule has 7 nitrogen and oxygen atoms in total. The van der Waals surface area contributed by atoms with Gasteiger partial charge in [0.15, 0.2) is 0 Å². The quantitative estimate of drug-likeness (QED) is 0.698. The second kappa shape index (κ2) is 6.75. The molecule has 3 fully saturated rings. The van der Waals surface area contributed by atoms with Crippen molar-refractivity contribution in [1.29, 1.82) is 0 Å². The molecule has 2 amide bonds. The molecule has 1 aromatic carbocycles. The number of methoxy groups -OCH3 is 1. The third-order valence-electron chi connectivity index (χ3n) is 8.63. The Bertz CT molecular complexity index is 1090. The number of likely N-dealkylation sites (tertiary alicyclic amines) is 1. The van der Waals surface area contributed by atoms with Gasteiger partial charge in [0.05, 0.1) is 12.7 Å². The maximum atomic E-state index is 12.5. The summed E-state index contributed by atoms with van der Waals surface area (Å²) in [7, 11) is 1.66. The summed E-state index contributed by atoms with van der Waals surface area (Å²) >= 11 is 0. The highest BCUT2D eigenvalue weighted by molar-refractivity contribution is 6.23. The Morgan fingerprint density at radius 1 is 1.38 bits per heavy atom. The van der Waals surface area contributed by atoms with Gasteiger partial charge in [-0.3, -0.25) is 14.5 Å². The molecule has 0 aromatic heterocycles. The van der Waals surface area contributed by atoms with Crippen LogP contribution in [-0.4, -0.2) is 59.4 Å². The van der Waals surface area contributed by atoms with Gasteiger partial charge in [-0.25, -0.2) is 4.99 Å². The van der Waals surface area contributed by atoms with Gasteiger partial charge < -0.3 is 15.6 Å². The van der Waals surface area contributed by atoms with Crippen LogP contribution in [0.3, 0.4) is 0 Å². The number of dihydropyridines is 1. The standard InChI is InChI=1S/C25H29N3O4/c1-32-17-5-4-15-9-21-25(31)11-16-8-18(22(26)29)23(30)27-20(16)12-24(25,19(15)10-17)6-7-28(21)13-14-2-3-14/h4-5,8,10,14,16,21,31H,2-3,6-7,9,11-13H2,1H3,(H2,26,29)/t16?,21-,24-,25-/m1/s1. The van der Waals surface area contributed by atoms with Crippen molar-refractivity contribution in [3.05, 3.63) is 41.0 Å². The number of hydrogen-bond acceptors (Lipinski definition) is 5. The summed E-state index contributed by atoms with van der Waals surface area (Å²) in [6.07, 6.45) is 6.74. The van der Waals surface area contributed by atoms with Gasteiger partial charge in [0.25, 0.3) is 11.8 Å². The molecular formula is C25H29N3O4. The summed E-state index contributed by atoms with van der Waals surface area (Å²) in [5, 5.41) is 12.5. The zero-order valence-electron chi connectivity index (χ0n) is 18.3. The van der Waals surface area contributed by atoms with Gasteiger partial charge in [0, 0.05) is 29.6 Å². The van der Waals surface area contributed by atoms with E-state index in [9.17, 15) is 14.7 Å². The molecule has 6 rings (SSSR count). The second-order valence-corrected chi connectivity index (χ2v) is 10.3. The van der Waals surface area contributed by atoms with Gasteiger partial charge in [-0.15, -0.1) is 0 Å². The number of hydrogen-bond donors (Lipinski definition) is 2. The first-order valence-corrected chi connectivity index (χ1v) is 11.6. The SMILES string of the molecule is COc1ccc2c(c1)[C@]13CCN(CC4CC4)[C@H](C2)[C@]1(O)CC1C=C(C(N)=O)C(=O)N=C1C3. The lowest BCUT2D eigenvalue weighted by Gasteiger charge is -2.65. The van der Waals surface area contributed by atoms with Crippen LogP contribution in [0.5, 0.6) is 5.75 Å². The highest BCUT2D eigenvalue weighted by atomic mass is 16.5. The number of rotatable bonds is 4. The average Bonchev–Trinajstić information content (AvgIpc) is 3.57. The number of aliphatic hydroxyl groups is 1. The van der Waals surface area contributed by atoms with Crippen molar-refractivity contribution in [2.24, 2.45) is 22.6 Å². The molecule has 4 atom stereocenters. The molecule has 32 heavy (non-hydrogen) atoms. The molecule has 168 valence electrons. The van der Waals surface area contributed by atoms with E-state index in [1.807, 2.05) is 6.07 Å². The molecule has 2 bridgehead atoms. The summed E-state index contributed by atoms with van der Waals surface area (Å²) in [6.45, 7) is 1.95. The molecule has 7 heteroatoms. The second-order valence-electron chi connectivity index (χ2n) is 10.3. The Hall–Kier alpha value is -2.51. The minimum absolute atomic E-state index is 0.00218. The van der Waals surface area contributed by atoms with E-state index in [1.54, 1.807) is 13.2 Å². The van der Waals surface area contributed by atoms with E-state index >= 15 is 0 Å². The Labute approximate surface area is 187 Å². The third-order valence-corrected chi connectivity index (χ3v) is 8.63. The van der Waals surface area contributed by atoms with Gasteiger partial charge in [-0.1, -0.05) is 12.1 Å². The van der Waals surface area contributed by atoms with Crippen LogP contribution in [0, 0.1) is 11.8 Å². The number of aliphatic imine (C=N–C) groups is 1. The highest BCUT2D eigenvalue weighted by Gasteiger charge is 2.66. The Morgan fingerprint density at radius 3 is 2.91 bits per heavy atom. The van der Waals surface area contributed by atoms with E-state index in [-0.39, 0.29) is 17.5 Å². The van der Waals surface area contributed by atoms with Crippen molar-refractivity contribution >= 4 is 17.5 Å². The Balaban J connectivity index is 1.49. The summed E-state index contributed by atoms with van der Waals surface area (Å²) in [4.78, 5) is 31.1. The predicted molar refractivity (Wildman–Crippen MR) is 118 cm³/mol. The lowest BCUT2D eigenvalue weighted by molar-refractivity contribution is -0.158. The number of piperidine rings is 1. The molecule has 3 N–H and O–H groups in total. The number of ether oxygens (including phenoxy) is 1. The smallest absolute Gasteiger partial charge is 0.282 e. The molecule has 5 aliphatic rings. The zero-order valence-corrected chi connectivity index (χ0v) is 18.3. The number of carbonyl (C=O) groups is 2. The molecule has 2 aliphatic heterocycles. The van der Waals surface area contributed by atoms with Crippen LogP contribution in [0.1, 0.15) is 43.2 Å². The molecular weight excluding hydrogens is 406 g/mol. The van der Waals surface area contributed by atoms with E-state index < -0.39 is 22.8 Å². The van der Waals surface area contributed by atoms with Crippen molar-refractivity contribution in [3.8, 4) is 5.75 Å². The van der Waals surface area contributed by atoms with E-state index in [2.05, 4.69) is 22.0 Å². The van der Waals surface area contributed by atoms with E-state index in [0.29, 0.717) is 12.8 Å². The highest BCUT2D eigenvalue weighted by Crippen LogP contribution is 2.59. The van der Waals surface area contributed by atoms with Gasteiger partial charge in [0.1, 0.15) is 11.3 Å². The fraction of sp³-hybridized carbons (Fsp3) is 0.560. The third kappa shape index (κ3) is 2.70. The average molecular weight is 436 g/mol. The first-order valence-electron chi connectivity index (χ1n) is 11.6. The van der Waals surface area contributed by atoms with Crippen molar-refractivity contribution in [2.75, 3.05) is 20.2 Å². The van der Waals surface area contributed by atoms with E-state index in [1.165, 1.54) is 18.4 Å². The lowest BCUT2D eigenvalue weighted by atomic mass is 9.47. The van der Waals surface area contributed by atoms with E-state index in [0.717, 1.165) is 48.9 Å². The van der Waals surface area contributed by atoms with Crippen molar-refractivity contribution in [2.45, 2.75) is 55.6 Å². The lowest BCUT2D eigenvalue weighted by Crippen LogP contribution is -2.74. The Morgan fingerprint density at radius 2 is 2.19 bits per heavy atom. The van der Waals surface area contributed by atoms with E-state index in [4.69, 9.17) is 10.5 Å². The molecule has 0 radical (unpaired) electrons. The number of primary amides is 1. The molecule has 2 saturated carbocycles. The van der Waals surface area contributed by atoms with Crippen LogP contribution < -0.4 is 10.5 Å². The fourth-order valence-corrected chi connectivity index (χ4v) is 6.85. The van der Waals surface area contributed by atoms with Crippen LogP contribution in [0.4, 0.5) is 0 Å². The van der Waals surface area contributed by atoms with Crippen LogP contribution >= 0.6 is 0 Å². The molecule has 1 aromatic rings. The molecule has 3 aliphatic carbocycles. The van der Waals surface area contributed by atoms with Crippen LogP contribution in [0.25, 0.3) is 0 Å². The van der Waals surface area contributed by atoms with Gasteiger partial charge in [0.2, 0.25) is 0 Å². The number of amides is 2. The maximum Gasteiger partial charge on any atom is 0.282 e. The number of carbonyl (C=O) groups excluding carboxylic acids is 2. The minimum Gasteiger partial charge on any atom is -0.497 e. The van der Waals surface area contributed by atoms with Gasteiger partial charge in [-0.05, 0) is 74.2 Å². The predicted octanol–water partition coefficient (Wildman–Crippen LogP) is 1.51. The first-order chi connectivity index (χ1) is 15.3. The molecule has 1 saturated heterocycles. The van der Waals surface area contributed by atoms with Crippen molar-refractivity contribution < 1.29 is 19.4 Å². The normalized spacial score (nSPS) is 35.8. The van der Waals surface area contributed by atoms with Crippen LogP contribution in [0.15, 0.2) is 34.8 Å². The number of fused-ring (bicyclic) bond motifs is 2. The Kier molecular flexibility index (Phi) is 4.24. The van der Waals surface area contributed by atoms with Crippen molar-refractivity contribution in [3.63, 3.8) is 0 Å². The number of nitrogens with two attached hydrogens (primary N) is 1. The zero-order chi connectivity index (χ0) is 22.3. The maximum absolute atomic E-state index is 12.5.